The van der Waals surface area contributed by atoms with E-state index in [4.69, 9.17) is 16.0 Å². The standard InChI is InChI=1S/C18H14ClN3O6S/c19-12-6-7-16(17(9-12)22(24)25)18(23)21-13-3-1-5-15(10-13)29(26,27)20-11-14-4-2-8-28-14/h1-10,20H,11H2,(H,21,23). The van der Waals surface area contributed by atoms with E-state index in [2.05, 4.69) is 10.0 Å². The molecule has 0 fully saturated rings. The van der Waals surface area contributed by atoms with Crippen molar-refractivity contribution in [3.05, 3.63) is 87.3 Å². The zero-order valence-electron chi connectivity index (χ0n) is 14.7. The van der Waals surface area contributed by atoms with Gasteiger partial charge in [0.1, 0.15) is 11.3 Å². The quantitative estimate of drug-likeness (QED) is 0.430. The van der Waals surface area contributed by atoms with Crippen LogP contribution in [-0.4, -0.2) is 19.2 Å². The molecule has 1 aromatic heterocycles. The number of halogens is 1. The number of anilines is 1. The van der Waals surface area contributed by atoms with Gasteiger partial charge < -0.3 is 9.73 Å². The minimum Gasteiger partial charge on any atom is -0.468 e. The number of nitrogens with one attached hydrogen (secondary N) is 2. The Bertz CT molecular complexity index is 1160. The van der Waals surface area contributed by atoms with Crippen molar-refractivity contribution < 1.29 is 22.6 Å². The van der Waals surface area contributed by atoms with Gasteiger partial charge in [0.15, 0.2) is 0 Å². The number of sulfonamides is 1. The maximum atomic E-state index is 12.5. The molecule has 29 heavy (non-hydrogen) atoms. The van der Waals surface area contributed by atoms with Crippen molar-refractivity contribution in [2.24, 2.45) is 0 Å². The van der Waals surface area contributed by atoms with Gasteiger partial charge >= 0.3 is 0 Å². The molecule has 3 aromatic rings. The van der Waals surface area contributed by atoms with Crippen LogP contribution in [0.4, 0.5) is 11.4 Å². The van der Waals surface area contributed by atoms with Crippen LogP contribution in [0.3, 0.4) is 0 Å². The lowest BCUT2D eigenvalue weighted by Gasteiger charge is -2.09. The van der Waals surface area contributed by atoms with E-state index in [1.807, 2.05) is 0 Å². The zero-order valence-corrected chi connectivity index (χ0v) is 16.2. The first-order chi connectivity index (χ1) is 13.8. The largest absolute Gasteiger partial charge is 0.468 e. The summed E-state index contributed by atoms with van der Waals surface area (Å²) >= 11 is 5.75. The van der Waals surface area contributed by atoms with Gasteiger partial charge in [-0.1, -0.05) is 17.7 Å². The van der Waals surface area contributed by atoms with E-state index in [1.165, 1.54) is 42.7 Å². The molecule has 0 aliphatic rings. The van der Waals surface area contributed by atoms with Crippen LogP contribution in [0.5, 0.6) is 0 Å². The Hall–Kier alpha value is -3.21. The molecule has 0 atom stereocenters. The van der Waals surface area contributed by atoms with E-state index >= 15 is 0 Å². The summed E-state index contributed by atoms with van der Waals surface area (Å²) in [5, 5.41) is 13.7. The van der Waals surface area contributed by atoms with Crippen molar-refractivity contribution in [2.45, 2.75) is 11.4 Å². The monoisotopic (exact) mass is 435 g/mol. The van der Waals surface area contributed by atoms with Crippen molar-refractivity contribution in [1.82, 2.24) is 4.72 Å². The van der Waals surface area contributed by atoms with Crippen LogP contribution < -0.4 is 10.0 Å². The Morgan fingerprint density at radius 1 is 1.14 bits per heavy atom. The topological polar surface area (TPSA) is 132 Å². The third-order valence-corrected chi connectivity index (χ3v) is 5.45. The number of carbonyl (C=O) groups is 1. The first-order valence-corrected chi connectivity index (χ1v) is 10.00. The van der Waals surface area contributed by atoms with Crippen molar-refractivity contribution >= 4 is 38.9 Å². The fourth-order valence-corrected chi connectivity index (χ4v) is 3.66. The highest BCUT2D eigenvalue weighted by Gasteiger charge is 2.21. The van der Waals surface area contributed by atoms with Gasteiger partial charge in [0, 0.05) is 16.8 Å². The Morgan fingerprint density at radius 3 is 2.62 bits per heavy atom. The molecule has 0 aliphatic carbocycles. The van der Waals surface area contributed by atoms with E-state index < -0.39 is 26.5 Å². The van der Waals surface area contributed by atoms with Crippen LogP contribution in [0.2, 0.25) is 5.02 Å². The van der Waals surface area contributed by atoms with Gasteiger partial charge in [-0.3, -0.25) is 14.9 Å². The van der Waals surface area contributed by atoms with Crippen LogP contribution in [-0.2, 0) is 16.6 Å². The van der Waals surface area contributed by atoms with Crippen molar-refractivity contribution in [3.8, 4) is 0 Å². The van der Waals surface area contributed by atoms with Crippen LogP contribution in [0.25, 0.3) is 0 Å². The number of nitrogens with zero attached hydrogens (tertiary/aromatic N) is 1. The number of hydrogen-bond acceptors (Lipinski definition) is 6. The lowest BCUT2D eigenvalue weighted by Crippen LogP contribution is -2.23. The number of hydrogen-bond donors (Lipinski definition) is 2. The van der Waals surface area contributed by atoms with Gasteiger partial charge in [-0.05, 0) is 42.5 Å². The molecule has 11 heteroatoms. The summed E-state index contributed by atoms with van der Waals surface area (Å²) in [6, 6.07) is 12.4. The van der Waals surface area contributed by atoms with Gasteiger partial charge in [-0.15, -0.1) is 0 Å². The van der Waals surface area contributed by atoms with Gasteiger partial charge in [-0.2, -0.15) is 0 Å². The molecule has 0 bridgehead atoms. The Kier molecular flexibility index (Phi) is 5.97. The summed E-state index contributed by atoms with van der Waals surface area (Å²) in [7, 11) is -3.87. The van der Waals surface area contributed by atoms with Gasteiger partial charge in [0.25, 0.3) is 11.6 Å². The SMILES string of the molecule is O=C(Nc1cccc(S(=O)(=O)NCc2ccco2)c1)c1ccc(Cl)cc1[N+](=O)[O-]. The normalized spacial score (nSPS) is 11.2. The number of carbonyl (C=O) groups excluding carboxylic acids is 1. The number of benzene rings is 2. The summed E-state index contributed by atoms with van der Waals surface area (Å²) in [6.07, 6.45) is 1.43. The maximum absolute atomic E-state index is 12.5. The smallest absolute Gasteiger partial charge is 0.283 e. The first-order valence-electron chi connectivity index (χ1n) is 8.14. The molecule has 2 N–H and O–H groups in total. The molecule has 0 spiro atoms. The molecule has 0 saturated heterocycles. The van der Waals surface area contributed by atoms with E-state index in [0.717, 1.165) is 6.07 Å². The maximum Gasteiger partial charge on any atom is 0.283 e. The van der Waals surface area contributed by atoms with E-state index in [9.17, 15) is 23.3 Å². The molecular formula is C18H14ClN3O6S. The molecule has 0 aliphatic heterocycles. The van der Waals surface area contributed by atoms with E-state index in [-0.39, 0.29) is 27.7 Å². The lowest BCUT2D eigenvalue weighted by atomic mass is 10.1. The Labute approximate surface area is 170 Å². The molecule has 1 heterocycles. The van der Waals surface area contributed by atoms with Gasteiger partial charge in [0.2, 0.25) is 10.0 Å². The van der Waals surface area contributed by atoms with Gasteiger partial charge in [-0.25, -0.2) is 13.1 Å². The number of furan rings is 1. The Morgan fingerprint density at radius 2 is 1.93 bits per heavy atom. The highest BCUT2D eigenvalue weighted by molar-refractivity contribution is 7.89. The zero-order chi connectivity index (χ0) is 21.0. The fraction of sp³-hybridized carbons (Fsp3) is 0.0556. The number of nitro benzene ring substituents is 1. The van der Waals surface area contributed by atoms with Crippen molar-refractivity contribution in [2.75, 3.05) is 5.32 Å². The second-order valence-electron chi connectivity index (χ2n) is 5.80. The predicted molar refractivity (Wildman–Crippen MR) is 105 cm³/mol. The minimum atomic E-state index is -3.87. The van der Waals surface area contributed by atoms with Crippen molar-refractivity contribution in [1.29, 1.82) is 0 Å². The number of rotatable bonds is 7. The minimum absolute atomic E-state index is 0.0388. The summed E-state index contributed by atoms with van der Waals surface area (Å²) < 4.78 is 32.4. The third kappa shape index (κ3) is 4.99. The van der Waals surface area contributed by atoms with Gasteiger partial charge in [0.05, 0.1) is 22.6 Å². The highest BCUT2D eigenvalue weighted by Crippen LogP contribution is 2.25. The van der Waals surface area contributed by atoms with Crippen LogP contribution >= 0.6 is 11.6 Å². The molecule has 0 unspecified atom stereocenters. The fourth-order valence-electron chi connectivity index (χ4n) is 2.45. The Balaban J connectivity index is 1.79. The number of nitro groups is 1. The molecular weight excluding hydrogens is 422 g/mol. The summed E-state index contributed by atoms with van der Waals surface area (Å²) in [6.45, 7) is -0.0388. The first kappa shape index (κ1) is 20.5. The summed E-state index contributed by atoms with van der Waals surface area (Å²) in [5.74, 6) is -0.334. The molecule has 9 nitrogen and oxygen atoms in total. The van der Waals surface area contributed by atoms with Crippen molar-refractivity contribution in [3.63, 3.8) is 0 Å². The second-order valence-corrected chi connectivity index (χ2v) is 8.01. The van der Waals surface area contributed by atoms with Crippen LogP contribution in [0, 0.1) is 10.1 Å². The summed E-state index contributed by atoms with van der Waals surface area (Å²) in [5.41, 5.74) is -0.511. The second kappa shape index (κ2) is 8.43. The van der Waals surface area contributed by atoms with E-state index in [0.29, 0.717) is 5.76 Å². The summed E-state index contributed by atoms with van der Waals surface area (Å²) in [4.78, 5) is 22.8. The number of amides is 1. The molecule has 2 aromatic carbocycles. The van der Waals surface area contributed by atoms with Crippen LogP contribution in [0.15, 0.2) is 70.2 Å². The molecule has 150 valence electrons. The average Bonchev–Trinajstić information content (AvgIpc) is 3.20. The van der Waals surface area contributed by atoms with Crippen LogP contribution in [0.1, 0.15) is 16.1 Å². The highest BCUT2D eigenvalue weighted by atomic mass is 35.5. The molecule has 3 rings (SSSR count). The van der Waals surface area contributed by atoms with E-state index in [1.54, 1.807) is 12.1 Å². The lowest BCUT2D eigenvalue weighted by molar-refractivity contribution is -0.385. The molecule has 0 radical (unpaired) electrons. The predicted octanol–water partition coefficient (Wildman–Crippen LogP) is 3.57. The molecule has 1 amide bonds. The molecule has 0 saturated carbocycles. The third-order valence-electron chi connectivity index (χ3n) is 3.82. The average molecular weight is 436 g/mol.